The Hall–Kier alpha value is -6.51. The summed E-state index contributed by atoms with van der Waals surface area (Å²) >= 11 is 7.86. The third-order valence-electron chi connectivity index (χ3n) is 13.5. The number of imide groups is 2. The van der Waals surface area contributed by atoms with Crippen LogP contribution in [0, 0.1) is 41.8 Å². The predicted octanol–water partition coefficient (Wildman–Crippen LogP) is 10.0. The number of halogens is 2. The Balaban J connectivity index is 0.989. The van der Waals surface area contributed by atoms with E-state index in [0.29, 0.717) is 38.9 Å². The van der Waals surface area contributed by atoms with Crippen molar-refractivity contribution in [2.24, 2.45) is 46.4 Å². The molecule has 4 amide bonds. The molecule has 4 heterocycles. The molecule has 1 N–H and O–H groups in total. The molecule has 318 valence electrons. The highest BCUT2D eigenvalue weighted by Gasteiger charge is 2.68. The van der Waals surface area contributed by atoms with E-state index in [-0.39, 0.29) is 24.6 Å². The minimum atomic E-state index is -1.42. The van der Waals surface area contributed by atoms with E-state index < -0.39 is 64.3 Å². The van der Waals surface area contributed by atoms with Crippen molar-refractivity contribution >= 4 is 85.2 Å². The van der Waals surface area contributed by atoms with Gasteiger partial charge in [0, 0.05) is 48.5 Å². The minimum absolute atomic E-state index is 0.115. The van der Waals surface area contributed by atoms with Crippen molar-refractivity contribution in [1.82, 2.24) is 9.78 Å². The van der Waals surface area contributed by atoms with Gasteiger partial charge in [0.1, 0.15) is 11.5 Å². The lowest BCUT2D eigenvalue weighted by atomic mass is 9.51. The highest BCUT2D eigenvalue weighted by atomic mass is 35.5. The summed E-state index contributed by atoms with van der Waals surface area (Å²) in [5.41, 5.74) is 3.83. The molecule has 6 atom stereocenters. The number of thiophene rings is 1. The zero-order chi connectivity index (χ0) is 44.2. The maximum Gasteiger partial charge on any atom is 0.242 e. The number of hydrogen-bond acceptors (Lipinski definition) is 10. The third-order valence-corrected chi connectivity index (χ3v) is 15.1. The van der Waals surface area contributed by atoms with Gasteiger partial charge in [-0.1, -0.05) is 29.3 Å². The van der Waals surface area contributed by atoms with Crippen molar-refractivity contribution in [1.29, 1.82) is 0 Å². The fourth-order valence-corrected chi connectivity index (χ4v) is 11.7. The lowest BCUT2D eigenvalue weighted by molar-refractivity contribution is -0.131. The number of fused-ring (bicyclic) bond motifs is 5. The van der Waals surface area contributed by atoms with Gasteiger partial charge in [0.05, 0.1) is 45.1 Å². The van der Waals surface area contributed by atoms with Crippen LogP contribution in [-0.2, 0) is 26.2 Å². The Morgan fingerprint density at radius 3 is 2.25 bits per heavy atom. The highest BCUT2D eigenvalue weighted by molar-refractivity contribution is 7.22. The first-order chi connectivity index (χ1) is 30.1. The molecule has 3 fully saturated rings. The van der Waals surface area contributed by atoms with Crippen LogP contribution in [0.3, 0.4) is 0 Å². The lowest BCUT2D eigenvalue weighted by Crippen LogP contribution is -2.49. The molecular weight excluding hydrogens is 841 g/mol. The topological polar surface area (TPSA) is 141 Å². The first-order valence-corrected chi connectivity index (χ1v) is 21.8. The smallest absolute Gasteiger partial charge is 0.242 e. The molecule has 0 radical (unpaired) electrons. The van der Waals surface area contributed by atoms with Crippen molar-refractivity contribution in [2.75, 3.05) is 28.8 Å². The molecule has 0 bridgehead atoms. The largest absolute Gasteiger partial charge is 0.505 e. The monoisotopic (exact) mass is 881 g/mol. The Labute approximate surface area is 370 Å². The van der Waals surface area contributed by atoms with Crippen LogP contribution in [0.4, 0.5) is 33.0 Å². The number of carbonyl (C=O) groups excluding carboxylic acids is 4. The number of amides is 4. The molecule has 63 heavy (non-hydrogen) atoms. The number of carbonyl (C=O) groups is 4. The van der Waals surface area contributed by atoms with Gasteiger partial charge < -0.3 is 10.0 Å². The summed E-state index contributed by atoms with van der Waals surface area (Å²) in [6, 6.07) is 25.7. The van der Waals surface area contributed by atoms with Crippen LogP contribution in [-0.4, -0.2) is 52.6 Å². The standard InChI is InChI=1S/C48H41ClFN7O5S/c1-24-33-21-26(49)7-19-39(33)63-43(24)37-23-40(55(5)53-37)57-45(60)35-22-34-31(42(48(35,2)47(57)62)25-6-18-38(58)36(50)20-25)16-17-32-41(34)46(61)56(44(32)59)30-14-10-28(11-15-30)52-51-27-8-12-29(13-9-27)54(3)4/h6-16,18-21,23,32,34-35,41-42,58H,17,22H2,1-5H3. The van der Waals surface area contributed by atoms with Crippen molar-refractivity contribution in [3.05, 3.63) is 125 Å². The molecule has 1 saturated carbocycles. The number of azo groups is 1. The van der Waals surface area contributed by atoms with Crippen LogP contribution in [0.5, 0.6) is 5.75 Å². The number of aromatic nitrogens is 2. The second-order valence-electron chi connectivity index (χ2n) is 17.2. The number of allylic oxidation sites excluding steroid dienone is 2. The van der Waals surface area contributed by atoms with Crippen LogP contribution >= 0.6 is 22.9 Å². The van der Waals surface area contributed by atoms with Crippen molar-refractivity contribution < 1.29 is 28.7 Å². The van der Waals surface area contributed by atoms with Gasteiger partial charge in [-0.15, -0.1) is 11.3 Å². The van der Waals surface area contributed by atoms with Gasteiger partial charge in [-0.05, 0) is 128 Å². The molecule has 2 aliphatic carbocycles. The molecule has 2 aliphatic heterocycles. The Morgan fingerprint density at radius 2 is 1.57 bits per heavy atom. The summed E-state index contributed by atoms with van der Waals surface area (Å²) < 4.78 is 17.8. The quantitative estimate of drug-likeness (QED) is 0.0956. The van der Waals surface area contributed by atoms with Crippen molar-refractivity contribution in [3.63, 3.8) is 0 Å². The maximum absolute atomic E-state index is 15.3. The minimum Gasteiger partial charge on any atom is -0.505 e. The molecule has 6 aromatic rings. The van der Waals surface area contributed by atoms with Gasteiger partial charge in [0.15, 0.2) is 11.6 Å². The number of anilines is 3. The summed E-state index contributed by atoms with van der Waals surface area (Å²) in [5.74, 6) is -6.82. The zero-order valence-corrected chi connectivity index (χ0v) is 36.5. The van der Waals surface area contributed by atoms with Gasteiger partial charge in [0.2, 0.25) is 23.6 Å². The summed E-state index contributed by atoms with van der Waals surface area (Å²) in [4.78, 5) is 64.3. The highest BCUT2D eigenvalue weighted by Crippen LogP contribution is 2.64. The number of phenolic OH excluding ortho intramolecular Hbond substituents is 1. The molecule has 4 aliphatic rings. The van der Waals surface area contributed by atoms with Crippen LogP contribution in [0.25, 0.3) is 20.7 Å². The summed E-state index contributed by atoms with van der Waals surface area (Å²) in [6.07, 6.45) is 2.24. The predicted molar refractivity (Wildman–Crippen MR) is 240 cm³/mol. The first kappa shape index (κ1) is 40.6. The van der Waals surface area contributed by atoms with Gasteiger partial charge in [-0.2, -0.15) is 15.3 Å². The van der Waals surface area contributed by atoms with E-state index in [2.05, 4.69) is 10.2 Å². The second kappa shape index (κ2) is 14.8. The zero-order valence-electron chi connectivity index (χ0n) is 34.9. The van der Waals surface area contributed by atoms with E-state index in [9.17, 15) is 19.5 Å². The number of nitrogens with zero attached hydrogens (tertiary/aromatic N) is 7. The van der Waals surface area contributed by atoms with E-state index in [1.165, 1.54) is 38.0 Å². The molecule has 10 rings (SSSR count). The Bertz CT molecular complexity index is 3000. The number of benzene rings is 4. The van der Waals surface area contributed by atoms with Crippen LogP contribution < -0.4 is 14.7 Å². The summed E-state index contributed by atoms with van der Waals surface area (Å²) in [7, 11) is 5.59. The van der Waals surface area contributed by atoms with E-state index >= 15 is 9.18 Å². The molecule has 12 nitrogen and oxygen atoms in total. The fourth-order valence-electron chi connectivity index (χ4n) is 10.4. The summed E-state index contributed by atoms with van der Waals surface area (Å²) in [6.45, 7) is 3.72. The molecule has 2 saturated heterocycles. The van der Waals surface area contributed by atoms with Crippen molar-refractivity contribution in [3.8, 4) is 16.3 Å². The molecular formula is C48H41ClFN7O5S. The van der Waals surface area contributed by atoms with Gasteiger partial charge in [-0.3, -0.25) is 28.8 Å². The number of aromatic hydroxyl groups is 1. The Morgan fingerprint density at radius 1 is 0.873 bits per heavy atom. The summed E-state index contributed by atoms with van der Waals surface area (Å²) in [5, 5.41) is 25.3. The number of hydrogen-bond donors (Lipinski definition) is 1. The molecule has 6 unspecified atom stereocenters. The molecule has 15 heteroatoms. The maximum atomic E-state index is 15.3. The van der Waals surface area contributed by atoms with Gasteiger partial charge in [-0.25, -0.2) is 9.29 Å². The van der Waals surface area contributed by atoms with Crippen LogP contribution in [0.1, 0.15) is 36.8 Å². The number of aryl methyl sites for hydroxylation is 2. The second-order valence-corrected chi connectivity index (χ2v) is 18.7. The first-order valence-electron chi connectivity index (χ1n) is 20.6. The average Bonchev–Trinajstić information content (AvgIpc) is 3.94. The SMILES string of the molecule is Cc1c(-c2cc(N3C(=O)C4CC5C(=CCC6C(=O)N(c7ccc(N=Nc8ccc(N(C)C)cc8)cc7)C(=O)C65)C(c5ccc(O)c(F)c5)C4(C)C3=O)n(C)n2)sc2ccc(Cl)cc12. The molecule has 0 spiro atoms. The fraction of sp³-hybridized carbons (Fsp3) is 0.271. The lowest BCUT2D eigenvalue weighted by Gasteiger charge is -2.49. The normalized spacial score (nSPS) is 24.4. The van der Waals surface area contributed by atoms with E-state index in [0.717, 1.165) is 26.2 Å². The van der Waals surface area contributed by atoms with Crippen LogP contribution in [0.15, 0.2) is 113 Å². The molecule has 4 aromatic carbocycles. The average molecular weight is 882 g/mol. The van der Waals surface area contributed by atoms with Gasteiger partial charge >= 0.3 is 0 Å². The van der Waals surface area contributed by atoms with Crippen molar-refractivity contribution in [2.45, 2.75) is 32.6 Å². The van der Waals surface area contributed by atoms with Gasteiger partial charge in [0.25, 0.3) is 0 Å². The molecule has 2 aromatic heterocycles. The van der Waals surface area contributed by atoms with E-state index in [4.69, 9.17) is 16.7 Å². The number of phenols is 1. The van der Waals surface area contributed by atoms with E-state index in [1.54, 1.807) is 50.4 Å². The Kier molecular flexibility index (Phi) is 9.53. The van der Waals surface area contributed by atoms with E-state index in [1.807, 2.05) is 74.5 Å². The third kappa shape index (κ3) is 6.24. The number of rotatable bonds is 7. The van der Waals surface area contributed by atoms with Crippen LogP contribution in [0.2, 0.25) is 5.02 Å².